The van der Waals surface area contributed by atoms with Crippen molar-refractivity contribution in [3.05, 3.63) is 63.5 Å². The summed E-state index contributed by atoms with van der Waals surface area (Å²) in [7, 11) is 0. The summed E-state index contributed by atoms with van der Waals surface area (Å²) < 4.78 is 0. The number of hydrogen-bond donors (Lipinski definition) is 0. The van der Waals surface area contributed by atoms with Crippen molar-refractivity contribution >= 4 is 17.3 Å². The van der Waals surface area contributed by atoms with Crippen molar-refractivity contribution in [2.45, 2.75) is 26.2 Å². The number of aryl methyl sites for hydroxylation is 1. The number of nitro groups is 1. The molecule has 1 atom stereocenters. The fraction of sp³-hybridized carbons (Fsp3) is 0.294. The lowest BCUT2D eigenvalue weighted by Gasteiger charge is -2.33. The lowest BCUT2D eigenvalue weighted by molar-refractivity contribution is -0.385. The molecule has 0 bridgehead atoms. The van der Waals surface area contributed by atoms with Gasteiger partial charge in [0, 0.05) is 18.3 Å². The third kappa shape index (κ3) is 2.67. The number of hydrogen-bond acceptors (Lipinski definition) is 4. The Kier molecular flexibility index (Phi) is 3.82. The van der Waals surface area contributed by atoms with Crippen LogP contribution in [0.3, 0.4) is 0 Å². The predicted molar refractivity (Wildman–Crippen MR) is 86.8 cm³/mol. The van der Waals surface area contributed by atoms with Crippen molar-refractivity contribution in [3.8, 4) is 0 Å². The second-order valence-corrected chi connectivity index (χ2v) is 5.79. The smallest absolute Gasteiger partial charge is 0.288 e. The first-order chi connectivity index (χ1) is 11.0. The number of rotatable bonds is 2. The Hall–Kier alpha value is -2.76. The largest absolute Gasteiger partial charge is 0.308 e. The molecule has 1 aromatic carbocycles. The monoisotopic (exact) mass is 311 g/mol. The Balaban J connectivity index is 2.03. The van der Waals surface area contributed by atoms with Crippen molar-refractivity contribution in [1.29, 1.82) is 0 Å². The average molecular weight is 311 g/mol. The van der Waals surface area contributed by atoms with Crippen molar-refractivity contribution in [1.82, 2.24) is 4.98 Å². The van der Waals surface area contributed by atoms with Crippen LogP contribution in [0.4, 0.5) is 11.4 Å². The SMILES string of the molecule is Cc1ncc([N+](=O)[O-])cc1C(=O)N1CC[C@H](C)c2ccccc21. The molecule has 0 spiro atoms. The van der Waals surface area contributed by atoms with Crippen LogP contribution in [0, 0.1) is 17.0 Å². The van der Waals surface area contributed by atoms with Crippen LogP contribution < -0.4 is 4.90 Å². The standard InChI is InChI=1S/C17H17N3O3/c1-11-7-8-19(16-6-4-3-5-14(11)16)17(21)15-9-13(20(22)23)10-18-12(15)2/h3-6,9-11H,7-8H2,1-2H3/t11-/m0/s1. The third-order valence-electron chi connectivity index (χ3n) is 4.30. The zero-order chi connectivity index (χ0) is 16.6. The molecule has 2 heterocycles. The quantitative estimate of drug-likeness (QED) is 0.628. The van der Waals surface area contributed by atoms with E-state index < -0.39 is 4.92 Å². The summed E-state index contributed by atoms with van der Waals surface area (Å²) in [5, 5.41) is 10.9. The highest BCUT2D eigenvalue weighted by Crippen LogP contribution is 2.35. The van der Waals surface area contributed by atoms with E-state index in [1.54, 1.807) is 11.8 Å². The van der Waals surface area contributed by atoms with Gasteiger partial charge in [-0.1, -0.05) is 25.1 Å². The van der Waals surface area contributed by atoms with Gasteiger partial charge in [-0.2, -0.15) is 0 Å². The maximum Gasteiger partial charge on any atom is 0.288 e. The summed E-state index contributed by atoms with van der Waals surface area (Å²) in [5.41, 5.74) is 2.61. The number of fused-ring (bicyclic) bond motifs is 1. The highest BCUT2D eigenvalue weighted by atomic mass is 16.6. The molecule has 6 nitrogen and oxygen atoms in total. The van der Waals surface area contributed by atoms with Crippen LogP contribution >= 0.6 is 0 Å². The number of pyridine rings is 1. The normalized spacial score (nSPS) is 16.8. The zero-order valence-corrected chi connectivity index (χ0v) is 13.0. The van der Waals surface area contributed by atoms with Crippen molar-refractivity contribution in [2.24, 2.45) is 0 Å². The molecule has 0 fully saturated rings. The van der Waals surface area contributed by atoms with E-state index in [1.807, 2.05) is 24.3 Å². The van der Waals surface area contributed by atoms with Gasteiger partial charge in [-0.05, 0) is 30.9 Å². The number of para-hydroxylation sites is 1. The van der Waals surface area contributed by atoms with Gasteiger partial charge in [0.2, 0.25) is 0 Å². The van der Waals surface area contributed by atoms with Gasteiger partial charge in [0.05, 0.1) is 16.2 Å². The second kappa shape index (κ2) is 5.79. The molecule has 1 aliphatic heterocycles. The number of nitrogens with zero attached hydrogens (tertiary/aromatic N) is 3. The van der Waals surface area contributed by atoms with Crippen molar-refractivity contribution < 1.29 is 9.72 Å². The number of aromatic nitrogens is 1. The molecule has 0 N–H and O–H groups in total. The molecule has 0 saturated heterocycles. The molecule has 1 amide bonds. The van der Waals surface area contributed by atoms with Gasteiger partial charge in [-0.3, -0.25) is 19.9 Å². The van der Waals surface area contributed by atoms with Crippen LogP contribution in [0.25, 0.3) is 0 Å². The summed E-state index contributed by atoms with van der Waals surface area (Å²) in [5.74, 6) is 0.151. The fourth-order valence-corrected chi connectivity index (χ4v) is 2.94. The van der Waals surface area contributed by atoms with E-state index in [0.717, 1.165) is 17.7 Å². The molecule has 0 aliphatic carbocycles. The molecule has 0 radical (unpaired) electrons. The maximum atomic E-state index is 12.9. The summed E-state index contributed by atoms with van der Waals surface area (Å²) >= 11 is 0. The Morgan fingerprint density at radius 1 is 1.39 bits per heavy atom. The second-order valence-electron chi connectivity index (χ2n) is 5.79. The first-order valence-electron chi connectivity index (χ1n) is 7.51. The molecule has 1 aliphatic rings. The minimum Gasteiger partial charge on any atom is -0.308 e. The highest BCUT2D eigenvalue weighted by Gasteiger charge is 2.28. The van der Waals surface area contributed by atoms with Gasteiger partial charge in [0.15, 0.2) is 0 Å². The number of anilines is 1. The van der Waals surface area contributed by atoms with E-state index in [9.17, 15) is 14.9 Å². The Labute approximate surface area is 133 Å². The van der Waals surface area contributed by atoms with Gasteiger partial charge in [0.1, 0.15) is 6.20 Å². The van der Waals surface area contributed by atoms with Crippen LogP contribution in [-0.4, -0.2) is 22.4 Å². The first-order valence-corrected chi connectivity index (χ1v) is 7.51. The molecule has 0 unspecified atom stereocenters. The number of carbonyl (C=O) groups excluding carboxylic acids is 1. The predicted octanol–water partition coefficient (Wildman–Crippen LogP) is 3.45. The van der Waals surface area contributed by atoms with Gasteiger partial charge in [-0.25, -0.2) is 0 Å². The van der Waals surface area contributed by atoms with E-state index in [-0.39, 0.29) is 17.2 Å². The summed E-state index contributed by atoms with van der Waals surface area (Å²) in [4.78, 5) is 29.0. The molecule has 3 rings (SSSR count). The fourth-order valence-electron chi connectivity index (χ4n) is 2.94. The Morgan fingerprint density at radius 3 is 2.87 bits per heavy atom. The van der Waals surface area contributed by atoms with Gasteiger partial charge in [0.25, 0.3) is 11.6 Å². The van der Waals surface area contributed by atoms with Crippen LogP contribution in [-0.2, 0) is 0 Å². The maximum absolute atomic E-state index is 12.9. The molecule has 1 aromatic heterocycles. The minimum atomic E-state index is -0.532. The van der Waals surface area contributed by atoms with Crippen LogP contribution in [0.2, 0.25) is 0 Å². The van der Waals surface area contributed by atoms with Gasteiger partial charge < -0.3 is 4.90 Å². The van der Waals surface area contributed by atoms with E-state index in [0.29, 0.717) is 18.2 Å². The van der Waals surface area contributed by atoms with Crippen molar-refractivity contribution in [2.75, 3.05) is 11.4 Å². The number of carbonyl (C=O) groups is 1. The number of benzene rings is 1. The molecule has 23 heavy (non-hydrogen) atoms. The summed E-state index contributed by atoms with van der Waals surface area (Å²) in [6, 6.07) is 9.12. The highest BCUT2D eigenvalue weighted by molar-refractivity contribution is 6.07. The van der Waals surface area contributed by atoms with Crippen LogP contribution in [0.15, 0.2) is 36.5 Å². The summed E-state index contributed by atoms with van der Waals surface area (Å²) in [6.07, 6.45) is 2.04. The number of amides is 1. The van der Waals surface area contributed by atoms with Gasteiger partial charge >= 0.3 is 0 Å². The van der Waals surface area contributed by atoms with Crippen LogP contribution in [0.1, 0.15) is 40.9 Å². The molecule has 0 saturated carbocycles. The lowest BCUT2D eigenvalue weighted by atomic mass is 9.91. The molecule has 6 heteroatoms. The van der Waals surface area contributed by atoms with E-state index >= 15 is 0 Å². The molecular weight excluding hydrogens is 294 g/mol. The summed E-state index contributed by atoms with van der Waals surface area (Å²) in [6.45, 7) is 4.43. The Morgan fingerprint density at radius 2 is 2.13 bits per heavy atom. The minimum absolute atomic E-state index is 0.169. The first kappa shape index (κ1) is 15.1. The molecular formula is C17H17N3O3. The molecule has 118 valence electrons. The van der Waals surface area contributed by atoms with E-state index in [1.165, 1.54) is 12.3 Å². The zero-order valence-electron chi connectivity index (χ0n) is 13.0. The lowest BCUT2D eigenvalue weighted by Crippen LogP contribution is -2.36. The van der Waals surface area contributed by atoms with E-state index in [2.05, 4.69) is 11.9 Å². The molecule has 2 aromatic rings. The topological polar surface area (TPSA) is 76.3 Å². The van der Waals surface area contributed by atoms with E-state index in [4.69, 9.17) is 0 Å². The van der Waals surface area contributed by atoms with Gasteiger partial charge in [-0.15, -0.1) is 0 Å². The van der Waals surface area contributed by atoms with Crippen LogP contribution in [0.5, 0.6) is 0 Å². The average Bonchev–Trinajstić information content (AvgIpc) is 2.55. The Bertz CT molecular complexity index is 788. The van der Waals surface area contributed by atoms with Crippen molar-refractivity contribution in [3.63, 3.8) is 0 Å². The third-order valence-corrected chi connectivity index (χ3v) is 4.30.